The molecule has 0 aromatic rings. The number of hydrogen-bond donors (Lipinski definition) is 1. The van der Waals surface area contributed by atoms with Crippen LogP contribution in [-0.2, 0) is 4.79 Å². The molecule has 0 spiro atoms. The number of carbonyl (C=O) groups is 1. The number of piperidine rings is 1. The van der Waals surface area contributed by atoms with E-state index >= 15 is 0 Å². The van der Waals surface area contributed by atoms with Crippen LogP contribution in [0.25, 0.3) is 0 Å². The highest BCUT2D eigenvalue weighted by atomic mass is 16.2. The van der Waals surface area contributed by atoms with Crippen LogP contribution in [0, 0.1) is 5.92 Å². The van der Waals surface area contributed by atoms with Gasteiger partial charge in [-0.25, -0.2) is 0 Å². The minimum Gasteiger partial charge on any atom is -0.342 e. The molecule has 2 aliphatic heterocycles. The number of carbonyl (C=O) groups excluding carboxylic acids is 1. The fourth-order valence-electron chi connectivity index (χ4n) is 3.06. The lowest BCUT2D eigenvalue weighted by Crippen LogP contribution is -2.45. The molecule has 1 N–H and O–H groups in total. The predicted octanol–water partition coefficient (Wildman–Crippen LogP) is 1.94. The van der Waals surface area contributed by atoms with Gasteiger partial charge in [-0.15, -0.1) is 6.58 Å². The molecule has 3 nitrogen and oxygen atoms in total. The average Bonchev–Trinajstić information content (AvgIpc) is 2.90. The summed E-state index contributed by atoms with van der Waals surface area (Å²) in [6.45, 7) is 6.76. The third-order valence-corrected chi connectivity index (χ3v) is 4.04. The van der Waals surface area contributed by atoms with E-state index in [4.69, 9.17) is 0 Å². The molecule has 2 heterocycles. The molecule has 0 saturated carbocycles. The SMILES string of the molecule is C=CCCC(=O)N1CCCC(C2CCCN2)C1. The number of nitrogens with one attached hydrogen (secondary N) is 1. The number of hydrogen-bond acceptors (Lipinski definition) is 2. The first-order valence-electron chi connectivity index (χ1n) is 6.93. The largest absolute Gasteiger partial charge is 0.342 e. The van der Waals surface area contributed by atoms with Gasteiger partial charge in [-0.3, -0.25) is 4.79 Å². The van der Waals surface area contributed by atoms with Gasteiger partial charge < -0.3 is 10.2 Å². The number of rotatable bonds is 4. The maximum atomic E-state index is 12.0. The second kappa shape index (κ2) is 6.20. The number of likely N-dealkylation sites (tertiary alicyclic amines) is 1. The molecule has 2 aliphatic rings. The van der Waals surface area contributed by atoms with Gasteiger partial charge in [0.1, 0.15) is 0 Å². The van der Waals surface area contributed by atoms with Gasteiger partial charge >= 0.3 is 0 Å². The highest BCUT2D eigenvalue weighted by Crippen LogP contribution is 2.25. The first kappa shape index (κ1) is 12.6. The standard InChI is InChI=1S/C14H24N2O/c1-2-3-8-14(17)16-10-5-6-12(11-16)13-7-4-9-15-13/h2,12-13,15H,1,3-11H2. The first-order chi connectivity index (χ1) is 8.31. The molecular weight excluding hydrogens is 212 g/mol. The number of amides is 1. The molecule has 96 valence electrons. The van der Waals surface area contributed by atoms with Crippen LogP contribution in [-0.4, -0.2) is 36.5 Å². The fraction of sp³-hybridized carbons (Fsp3) is 0.786. The second-order valence-electron chi connectivity index (χ2n) is 5.27. The van der Waals surface area contributed by atoms with Gasteiger partial charge in [-0.2, -0.15) is 0 Å². The molecule has 2 unspecified atom stereocenters. The molecule has 0 radical (unpaired) electrons. The molecule has 0 aliphatic carbocycles. The number of allylic oxidation sites excluding steroid dienone is 1. The molecule has 1 amide bonds. The van der Waals surface area contributed by atoms with E-state index in [-0.39, 0.29) is 0 Å². The maximum Gasteiger partial charge on any atom is 0.222 e. The van der Waals surface area contributed by atoms with Crippen LogP contribution in [0.15, 0.2) is 12.7 Å². The van der Waals surface area contributed by atoms with E-state index in [0.29, 0.717) is 24.3 Å². The van der Waals surface area contributed by atoms with Gasteiger partial charge in [0.2, 0.25) is 5.91 Å². The zero-order chi connectivity index (χ0) is 12.1. The first-order valence-corrected chi connectivity index (χ1v) is 6.93. The fourth-order valence-corrected chi connectivity index (χ4v) is 3.06. The van der Waals surface area contributed by atoms with Gasteiger partial charge in [0.05, 0.1) is 0 Å². The van der Waals surface area contributed by atoms with E-state index in [0.717, 1.165) is 26.1 Å². The van der Waals surface area contributed by atoms with Crippen LogP contribution < -0.4 is 5.32 Å². The Morgan fingerprint density at radius 2 is 2.29 bits per heavy atom. The summed E-state index contributed by atoms with van der Waals surface area (Å²) in [7, 11) is 0. The molecule has 0 aromatic carbocycles. The van der Waals surface area contributed by atoms with Crippen LogP contribution in [0.3, 0.4) is 0 Å². The van der Waals surface area contributed by atoms with Crippen LogP contribution in [0.5, 0.6) is 0 Å². The molecule has 2 fully saturated rings. The zero-order valence-electron chi connectivity index (χ0n) is 10.7. The van der Waals surface area contributed by atoms with Crippen molar-refractivity contribution in [1.29, 1.82) is 0 Å². The third kappa shape index (κ3) is 3.32. The van der Waals surface area contributed by atoms with Crippen molar-refractivity contribution in [3.63, 3.8) is 0 Å². The van der Waals surface area contributed by atoms with Crippen molar-refractivity contribution in [2.45, 2.75) is 44.6 Å². The minimum atomic E-state index is 0.313. The van der Waals surface area contributed by atoms with E-state index in [2.05, 4.69) is 16.8 Å². The Balaban J connectivity index is 1.83. The zero-order valence-corrected chi connectivity index (χ0v) is 10.7. The summed E-state index contributed by atoms with van der Waals surface area (Å²) in [5.74, 6) is 0.992. The summed E-state index contributed by atoms with van der Waals surface area (Å²) in [5, 5.41) is 3.57. The summed E-state index contributed by atoms with van der Waals surface area (Å²) >= 11 is 0. The predicted molar refractivity (Wildman–Crippen MR) is 69.8 cm³/mol. The Hall–Kier alpha value is -0.830. The average molecular weight is 236 g/mol. The molecule has 2 saturated heterocycles. The minimum absolute atomic E-state index is 0.313. The lowest BCUT2D eigenvalue weighted by Gasteiger charge is -2.36. The van der Waals surface area contributed by atoms with Crippen LogP contribution >= 0.6 is 0 Å². The number of nitrogens with zero attached hydrogens (tertiary/aromatic N) is 1. The van der Waals surface area contributed by atoms with E-state index in [9.17, 15) is 4.79 Å². The lowest BCUT2D eigenvalue weighted by atomic mass is 9.89. The van der Waals surface area contributed by atoms with Gasteiger partial charge in [-0.1, -0.05) is 6.08 Å². The third-order valence-electron chi connectivity index (χ3n) is 4.04. The van der Waals surface area contributed by atoms with Crippen molar-refractivity contribution >= 4 is 5.91 Å². The van der Waals surface area contributed by atoms with Crippen molar-refractivity contribution in [3.8, 4) is 0 Å². The van der Waals surface area contributed by atoms with Crippen molar-refractivity contribution in [2.75, 3.05) is 19.6 Å². The Labute approximate surface area is 104 Å². The van der Waals surface area contributed by atoms with E-state index < -0.39 is 0 Å². The highest BCUT2D eigenvalue weighted by Gasteiger charge is 2.30. The molecule has 2 atom stereocenters. The molecular formula is C14H24N2O. The van der Waals surface area contributed by atoms with Gasteiger partial charge in [0.15, 0.2) is 0 Å². The van der Waals surface area contributed by atoms with Gasteiger partial charge in [-0.05, 0) is 44.6 Å². The maximum absolute atomic E-state index is 12.0. The Morgan fingerprint density at radius 1 is 1.41 bits per heavy atom. The summed E-state index contributed by atoms with van der Waals surface area (Å²) < 4.78 is 0. The van der Waals surface area contributed by atoms with Gasteiger partial charge in [0.25, 0.3) is 0 Å². The smallest absolute Gasteiger partial charge is 0.222 e. The lowest BCUT2D eigenvalue weighted by molar-refractivity contribution is -0.133. The van der Waals surface area contributed by atoms with Crippen LogP contribution in [0.2, 0.25) is 0 Å². The Morgan fingerprint density at radius 3 is 3.00 bits per heavy atom. The van der Waals surface area contributed by atoms with E-state index in [1.54, 1.807) is 0 Å². The molecule has 3 heteroatoms. The van der Waals surface area contributed by atoms with Gasteiger partial charge in [0, 0.05) is 25.6 Å². The van der Waals surface area contributed by atoms with E-state index in [1.807, 2.05) is 6.08 Å². The molecule has 17 heavy (non-hydrogen) atoms. The Kier molecular flexibility index (Phi) is 4.60. The van der Waals surface area contributed by atoms with E-state index in [1.165, 1.54) is 25.7 Å². The summed E-state index contributed by atoms with van der Waals surface area (Å²) in [4.78, 5) is 14.0. The monoisotopic (exact) mass is 236 g/mol. The van der Waals surface area contributed by atoms with Crippen LogP contribution in [0.4, 0.5) is 0 Å². The molecule has 0 bridgehead atoms. The molecule has 2 rings (SSSR count). The normalized spacial score (nSPS) is 29.3. The summed E-state index contributed by atoms with van der Waals surface area (Å²) in [6, 6.07) is 0.657. The summed E-state index contributed by atoms with van der Waals surface area (Å²) in [6.07, 6.45) is 8.31. The summed E-state index contributed by atoms with van der Waals surface area (Å²) in [5.41, 5.74) is 0. The Bertz CT molecular complexity index is 271. The quantitative estimate of drug-likeness (QED) is 0.757. The van der Waals surface area contributed by atoms with Crippen molar-refractivity contribution in [1.82, 2.24) is 10.2 Å². The van der Waals surface area contributed by atoms with Crippen LogP contribution in [0.1, 0.15) is 38.5 Å². The molecule has 0 aromatic heterocycles. The van der Waals surface area contributed by atoms with Crippen molar-refractivity contribution in [2.24, 2.45) is 5.92 Å². The second-order valence-corrected chi connectivity index (χ2v) is 5.27. The van der Waals surface area contributed by atoms with Crippen molar-refractivity contribution in [3.05, 3.63) is 12.7 Å². The topological polar surface area (TPSA) is 32.3 Å². The highest BCUT2D eigenvalue weighted by molar-refractivity contribution is 5.76. The van der Waals surface area contributed by atoms with Crippen molar-refractivity contribution < 1.29 is 4.79 Å².